The zero-order valence-electron chi connectivity index (χ0n) is 25.1. The number of halogens is 2. The third-order valence-electron chi connectivity index (χ3n) is 8.48. The van der Waals surface area contributed by atoms with Crippen LogP contribution >= 0.6 is 45.9 Å². The Morgan fingerprint density at radius 3 is 1.88 bits per heavy atom. The molecule has 0 saturated carbocycles. The lowest BCUT2D eigenvalue weighted by Crippen LogP contribution is -2.12. The van der Waals surface area contributed by atoms with Gasteiger partial charge in [-0.05, 0) is 60.7 Å². The first-order valence-electron chi connectivity index (χ1n) is 14.8. The second-order valence-corrected chi connectivity index (χ2v) is 14.1. The monoisotopic (exact) mass is 724 g/mol. The van der Waals surface area contributed by atoms with E-state index in [1.54, 1.807) is 53.8 Å². The normalized spacial score (nSPS) is 11.7. The van der Waals surface area contributed by atoms with Gasteiger partial charge in [0.05, 0.1) is 32.7 Å². The standard InChI is InChI=1S/C35H22Cl2N6O4S2/c36-19-3-1-5-25-27(19)18(15-48-25)33-40-21-13-16(31(38)44)7-9-23(21)42(33)11-12-43-24-10-8-17(32(39)45)14-22(24)41-34(43)29-28-20(37)4-2-6-26(28)49-30(29)35(46)47/h1-10,13-15H,11-12H2,(H2,38,44)(H2,39,45)(H,46,47). The molecule has 0 spiro atoms. The molecule has 0 aliphatic heterocycles. The number of nitrogens with two attached hydrogens (primary N) is 2. The van der Waals surface area contributed by atoms with Gasteiger partial charge in [-0.3, -0.25) is 9.59 Å². The number of fused-ring (bicyclic) bond motifs is 4. The first kappa shape index (κ1) is 31.0. The zero-order chi connectivity index (χ0) is 34.1. The van der Waals surface area contributed by atoms with Crippen molar-refractivity contribution < 1.29 is 19.5 Å². The number of carbonyl (C=O) groups excluding carboxylic acids is 2. The quantitative estimate of drug-likeness (QED) is 0.144. The maximum Gasteiger partial charge on any atom is 0.346 e. The fraction of sp³-hybridized carbons (Fsp3) is 0.0571. The summed E-state index contributed by atoms with van der Waals surface area (Å²) in [6, 6.07) is 21.1. The van der Waals surface area contributed by atoms with Crippen LogP contribution in [0.3, 0.4) is 0 Å². The van der Waals surface area contributed by atoms with Crippen molar-refractivity contribution in [3.05, 3.63) is 104 Å². The van der Waals surface area contributed by atoms with E-state index in [1.165, 1.54) is 0 Å². The molecule has 8 aromatic rings. The molecule has 0 saturated heterocycles. The van der Waals surface area contributed by atoms with Gasteiger partial charge < -0.3 is 25.7 Å². The van der Waals surface area contributed by atoms with E-state index in [1.807, 2.05) is 44.8 Å². The smallest absolute Gasteiger partial charge is 0.346 e. The largest absolute Gasteiger partial charge is 0.477 e. The van der Waals surface area contributed by atoms with E-state index in [0.717, 1.165) is 32.5 Å². The third kappa shape index (κ3) is 5.03. The average molecular weight is 726 g/mol. The number of amides is 2. The van der Waals surface area contributed by atoms with E-state index in [9.17, 15) is 19.5 Å². The second-order valence-electron chi connectivity index (χ2n) is 11.3. The fourth-order valence-corrected chi connectivity index (χ4v) is 8.98. The van der Waals surface area contributed by atoms with Crippen LogP contribution in [0.25, 0.3) is 65.0 Å². The molecule has 49 heavy (non-hydrogen) atoms. The van der Waals surface area contributed by atoms with Crippen LogP contribution in [0.15, 0.2) is 78.2 Å². The number of aromatic nitrogens is 4. The lowest BCUT2D eigenvalue weighted by molar-refractivity contribution is 0.0702. The highest BCUT2D eigenvalue weighted by Crippen LogP contribution is 2.43. The van der Waals surface area contributed by atoms with E-state index in [0.29, 0.717) is 72.5 Å². The van der Waals surface area contributed by atoms with Gasteiger partial charge >= 0.3 is 5.97 Å². The highest BCUT2D eigenvalue weighted by atomic mass is 35.5. The van der Waals surface area contributed by atoms with Crippen molar-refractivity contribution >= 4 is 106 Å². The van der Waals surface area contributed by atoms with Gasteiger partial charge in [-0.1, -0.05) is 35.3 Å². The molecule has 4 aromatic heterocycles. The van der Waals surface area contributed by atoms with Crippen molar-refractivity contribution in [3.63, 3.8) is 0 Å². The molecular weight excluding hydrogens is 703 g/mol. The summed E-state index contributed by atoms with van der Waals surface area (Å²) in [5.74, 6) is -1.28. The van der Waals surface area contributed by atoms with Crippen molar-refractivity contribution in [2.75, 3.05) is 0 Å². The minimum Gasteiger partial charge on any atom is -0.477 e. The summed E-state index contributed by atoms with van der Waals surface area (Å²) >= 11 is 16.1. The number of benzene rings is 4. The number of imidazole rings is 2. The molecule has 0 atom stereocenters. The van der Waals surface area contributed by atoms with Crippen molar-refractivity contribution in [1.29, 1.82) is 0 Å². The van der Waals surface area contributed by atoms with Crippen LogP contribution in [0.1, 0.15) is 30.4 Å². The van der Waals surface area contributed by atoms with Gasteiger partial charge in [0.2, 0.25) is 11.8 Å². The number of aromatic carboxylic acids is 1. The van der Waals surface area contributed by atoms with Crippen LogP contribution in [0.4, 0.5) is 0 Å². The number of carboxylic acid groups (broad SMARTS) is 1. The van der Waals surface area contributed by atoms with Crippen molar-refractivity contribution in [1.82, 2.24) is 19.1 Å². The molecular formula is C35H22Cl2N6O4S2. The number of carboxylic acids is 1. The molecule has 242 valence electrons. The first-order valence-corrected chi connectivity index (χ1v) is 17.3. The van der Waals surface area contributed by atoms with Crippen LogP contribution in [0.2, 0.25) is 10.0 Å². The maximum absolute atomic E-state index is 12.6. The Balaban J connectivity index is 1.36. The highest BCUT2D eigenvalue weighted by molar-refractivity contribution is 7.21. The van der Waals surface area contributed by atoms with E-state index < -0.39 is 17.8 Å². The van der Waals surface area contributed by atoms with Crippen LogP contribution in [0, 0.1) is 0 Å². The van der Waals surface area contributed by atoms with E-state index in [2.05, 4.69) is 0 Å². The number of hydrogen-bond acceptors (Lipinski definition) is 7. The molecule has 2 amide bonds. The van der Waals surface area contributed by atoms with Gasteiger partial charge in [-0.25, -0.2) is 14.8 Å². The van der Waals surface area contributed by atoms with Crippen LogP contribution in [0.5, 0.6) is 0 Å². The van der Waals surface area contributed by atoms with Gasteiger partial charge in [0.1, 0.15) is 16.5 Å². The van der Waals surface area contributed by atoms with Gasteiger partial charge in [0, 0.05) is 60.4 Å². The Kier molecular flexibility index (Phi) is 7.41. The number of nitrogens with zero attached hydrogens (tertiary/aromatic N) is 4. The predicted octanol–water partition coefficient (Wildman–Crippen LogP) is 8.05. The average Bonchev–Trinajstić information content (AvgIpc) is 3.84. The molecule has 0 bridgehead atoms. The molecule has 4 aromatic carbocycles. The Labute approximate surface area is 294 Å². The van der Waals surface area contributed by atoms with Gasteiger partial charge in [-0.2, -0.15) is 0 Å². The number of hydrogen-bond donors (Lipinski definition) is 3. The van der Waals surface area contributed by atoms with E-state index >= 15 is 0 Å². The summed E-state index contributed by atoms with van der Waals surface area (Å²) in [6.45, 7) is 0.645. The molecule has 5 N–H and O–H groups in total. The Morgan fingerprint density at radius 2 is 1.29 bits per heavy atom. The van der Waals surface area contributed by atoms with Crippen LogP contribution in [-0.2, 0) is 13.1 Å². The molecule has 0 unspecified atom stereocenters. The Morgan fingerprint density at radius 1 is 0.735 bits per heavy atom. The number of carbonyl (C=O) groups is 3. The molecule has 10 nitrogen and oxygen atoms in total. The second kappa shape index (κ2) is 11.7. The van der Waals surface area contributed by atoms with Crippen molar-refractivity contribution in [2.24, 2.45) is 11.5 Å². The minimum absolute atomic E-state index is 0.0851. The summed E-state index contributed by atoms with van der Waals surface area (Å²) in [4.78, 5) is 46.8. The van der Waals surface area contributed by atoms with Crippen LogP contribution in [-0.4, -0.2) is 42.0 Å². The van der Waals surface area contributed by atoms with Crippen LogP contribution < -0.4 is 11.5 Å². The van der Waals surface area contributed by atoms with Crippen molar-refractivity contribution in [2.45, 2.75) is 13.1 Å². The summed E-state index contributed by atoms with van der Waals surface area (Å²) in [5, 5.41) is 14.7. The maximum atomic E-state index is 12.6. The number of aryl methyl sites for hydroxylation is 2. The summed E-state index contributed by atoms with van der Waals surface area (Å²) in [6.07, 6.45) is 0. The molecule has 0 aliphatic carbocycles. The van der Waals surface area contributed by atoms with Gasteiger partial charge in [0.15, 0.2) is 0 Å². The summed E-state index contributed by atoms with van der Waals surface area (Å²) in [5.41, 5.74) is 15.5. The molecule has 0 aliphatic rings. The topological polar surface area (TPSA) is 159 Å². The molecule has 8 rings (SSSR count). The Hall–Kier alpha value is -5.27. The van der Waals surface area contributed by atoms with Gasteiger partial charge in [0.25, 0.3) is 0 Å². The van der Waals surface area contributed by atoms with E-state index in [4.69, 9.17) is 44.6 Å². The lowest BCUT2D eigenvalue weighted by Gasteiger charge is -2.14. The highest BCUT2D eigenvalue weighted by Gasteiger charge is 2.27. The zero-order valence-corrected chi connectivity index (χ0v) is 28.3. The van der Waals surface area contributed by atoms with Gasteiger partial charge in [-0.15, -0.1) is 22.7 Å². The molecule has 4 heterocycles. The van der Waals surface area contributed by atoms with E-state index in [-0.39, 0.29) is 10.4 Å². The summed E-state index contributed by atoms with van der Waals surface area (Å²) < 4.78 is 5.65. The predicted molar refractivity (Wildman–Crippen MR) is 195 cm³/mol. The van der Waals surface area contributed by atoms with Crippen molar-refractivity contribution in [3.8, 4) is 22.8 Å². The minimum atomic E-state index is -1.11. The molecule has 0 fully saturated rings. The number of primary amides is 2. The lowest BCUT2D eigenvalue weighted by atomic mass is 10.1. The fourth-order valence-electron chi connectivity index (χ4n) is 6.30. The number of thiophene rings is 2. The molecule has 14 heteroatoms. The number of rotatable bonds is 8. The third-order valence-corrected chi connectivity index (χ3v) is 11.2. The molecule has 0 radical (unpaired) electrons. The summed E-state index contributed by atoms with van der Waals surface area (Å²) in [7, 11) is 0. The SMILES string of the molecule is NC(=O)c1ccc2c(c1)nc(-c1csc3cccc(Cl)c13)n2CCn1c(-c2c(C(=O)O)sc3cccc(Cl)c23)nc2cc(C(N)=O)ccc21. The first-order chi connectivity index (χ1) is 23.6. The Bertz CT molecular complexity index is 2710.